The molecule has 0 heterocycles. The maximum atomic E-state index is 10.4. The molecule has 5 nitrogen and oxygen atoms in total. The first kappa shape index (κ1) is 10.6. The highest BCUT2D eigenvalue weighted by atomic mass is 16.5. The van der Waals surface area contributed by atoms with Gasteiger partial charge in [-0.2, -0.15) is 0 Å². The molecular weight excluding hydrogens is 164 g/mol. The zero-order chi connectivity index (χ0) is 9.56. The van der Waals surface area contributed by atoms with E-state index in [0.717, 1.165) is 0 Å². The van der Waals surface area contributed by atoms with Gasteiger partial charge in [0.1, 0.15) is 0 Å². The molecule has 0 saturated carbocycles. The van der Waals surface area contributed by atoms with Gasteiger partial charge in [-0.05, 0) is 6.08 Å². The van der Waals surface area contributed by atoms with Gasteiger partial charge in [-0.3, -0.25) is 4.79 Å². The molecule has 12 heavy (non-hydrogen) atoms. The average molecular weight is 174 g/mol. The molecule has 5 heteroatoms. The summed E-state index contributed by atoms with van der Waals surface area (Å²) in [6, 6.07) is 0. The topological polar surface area (TPSA) is 83.8 Å². The van der Waals surface area contributed by atoms with Gasteiger partial charge in [0.05, 0.1) is 13.0 Å². The van der Waals surface area contributed by atoms with Crippen molar-refractivity contribution in [1.29, 1.82) is 0 Å². The van der Waals surface area contributed by atoms with E-state index in [1.54, 1.807) is 0 Å². The number of carboxylic acids is 2. The van der Waals surface area contributed by atoms with Crippen LogP contribution in [0.2, 0.25) is 0 Å². The lowest BCUT2D eigenvalue weighted by molar-refractivity contribution is -0.139. The second kappa shape index (κ2) is 5.31. The number of aliphatic carboxylic acids is 2. The van der Waals surface area contributed by atoms with Crippen molar-refractivity contribution in [2.75, 3.05) is 13.7 Å². The predicted molar refractivity (Wildman–Crippen MR) is 39.8 cm³/mol. The average Bonchev–Trinajstić information content (AvgIpc) is 1.96. The smallest absolute Gasteiger partial charge is 0.331 e. The minimum absolute atomic E-state index is 0.106. The van der Waals surface area contributed by atoms with Crippen LogP contribution in [0, 0.1) is 0 Å². The van der Waals surface area contributed by atoms with Crippen LogP contribution in [-0.2, 0) is 14.3 Å². The van der Waals surface area contributed by atoms with Crippen LogP contribution < -0.4 is 0 Å². The number of carboxylic acid groups (broad SMARTS) is 2. The summed E-state index contributed by atoms with van der Waals surface area (Å²) in [6.45, 7) is 0.106. The molecule has 68 valence electrons. The monoisotopic (exact) mass is 174 g/mol. The number of carbonyl (C=O) groups is 2. The van der Waals surface area contributed by atoms with Crippen molar-refractivity contribution in [2.45, 2.75) is 6.42 Å². The minimum atomic E-state index is -1.23. The van der Waals surface area contributed by atoms with E-state index in [1.165, 1.54) is 13.2 Å². The van der Waals surface area contributed by atoms with Crippen LogP contribution in [0.3, 0.4) is 0 Å². The SMILES string of the molecule is COCC=C(CC(=O)O)C(=O)O. The highest BCUT2D eigenvalue weighted by Crippen LogP contribution is 2.00. The first-order chi connectivity index (χ1) is 5.57. The van der Waals surface area contributed by atoms with Crippen LogP contribution in [-0.4, -0.2) is 35.9 Å². The molecule has 0 saturated heterocycles. The number of methoxy groups -OCH3 is 1. The Hall–Kier alpha value is -1.36. The molecule has 0 aliphatic carbocycles. The summed E-state index contributed by atoms with van der Waals surface area (Å²) in [5.41, 5.74) is -0.163. The molecule has 0 aliphatic rings. The minimum Gasteiger partial charge on any atom is -0.481 e. The number of rotatable bonds is 5. The third kappa shape index (κ3) is 4.45. The van der Waals surface area contributed by atoms with Gasteiger partial charge in [-0.1, -0.05) is 0 Å². The first-order valence-electron chi connectivity index (χ1n) is 3.21. The summed E-state index contributed by atoms with van der Waals surface area (Å²) in [6.07, 6.45) is 0.745. The van der Waals surface area contributed by atoms with Gasteiger partial charge in [0.2, 0.25) is 0 Å². The van der Waals surface area contributed by atoms with Crippen LogP contribution >= 0.6 is 0 Å². The van der Waals surface area contributed by atoms with E-state index in [-0.39, 0.29) is 12.2 Å². The molecule has 0 atom stereocenters. The van der Waals surface area contributed by atoms with Gasteiger partial charge in [0.25, 0.3) is 0 Å². The van der Waals surface area contributed by atoms with Gasteiger partial charge < -0.3 is 14.9 Å². The van der Waals surface area contributed by atoms with E-state index >= 15 is 0 Å². The Bertz CT molecular complexity index is 206. The molecule has 0 amide bonds. The van der Waals surface area contributed by atoms with Gasteiger partial charge in [0.15, 0.2) is 0 Å². The molecule has 0 fully saturated rings. The van der Waals surface area contributed by atoms with Crippen molar-refractivity contribution >= 4 is 11.9 Å². The Morgan fingerprint density at radius 2 is 2.00 bits per heavy atom. The van der Waals surface area contributed by atoms with E-state index < -0.39 is 18.4 Å². The summed E-state index contributed by atoms with van der Waals surface area (Å²) in [5.74, 6) is -2.39. The van der Waals surface area contributed by atoms with Crippen LogP contribution in [0.4, 0.5) is 0 Å². The van der Waals surface area contributed by atoms with Gasteiger partial charge >= 0.3 is 11.9 Å². The molecule has 0 aromatic rings. The Labute approximate surface area is 69.3 Å². The third-order valence-electron chi connectivity index (χ3n) is 1.11. The fourth-order valence-corrected chi connectivity index (χ4v) is 0.582. The second-order valence-electron chi connectivity index (χ2n) is 2.06. The van der Waals surface area contributed by atoms with Crippen LogP contribution in [0.25, 0.3) is 0 Å². The lowest BCUT2D eigenvalue weighted by Crippen LogP contribution is -2.07. The third-order valence-corrected chi connectivity index (χ3v) is 1.11. The van der Waals surface area contributed by atoms with Crippen molar-refractivity contribution in [3.8, 4) is 0 Å². The highest BCUT2D eigenvalue weighted by molar-refractivity contribution is 5.92. The molecule has 0 aliphatic heterocycles. The molecule has 0 aromatic carbocycles. The second-order valence-corrected chi connectivity index (χ2v) is 2.06. The molecule has 0 spiro atoms. The van der Waals surface area contributed by atoms with Crippen LogP contribution in [0.5, 0.6) is 0 Å². The van der Waals surface area contributed by atoms with Gasteiger partial charge in [0, 0.05) is 12.7 Å². The van der Waals surface area contributed by atoms with E-state index in [9.17, 15) is 9.59 Å². The fourth-order valence-electron chi connectivity index (χ4n) is 0.582. The summed E-state index contributed by atoms with van der Waals surface area (Å²) in [7, 11) is 1.40. The van der Waals surface area contributed by atoms with E-state index in [4.69, 9.17) is 10.2 Å². The van der Waals surface area contributed by atoms with Crippen molar-refractivity contribution in [2.24, 2.45) is 0 Å². The molecular formula is C7H10O5. The zero-order valence-electron chi connectivity index (χ0n) is 6.61. The maximum absolute atomic E-state index is 10.4. The van der Waals surface area contributed by atoms with E-state index in [1.807, 2.05) is 0 Å². The molecule has 0 bridgehead atoms. The predicted octanol–water partition coefficient (Wildman–Crippen LogP) is 0.118. The Morgan fingerprint density at radius 3 is 2.33 bits per heavy atom. The molecule has 0 rings (SSSR count). The van der Waals surface area contributed by atoms with Crippen LogP contribution in [0.15, 0.2) is 11.6 Å². The summed E-state index contributed by atoms with van der Waals surface area (Å²) in [5, 5.41) is 16.7. The highest BCUT2D eigenvalue weighted by Gasteiger charge is 2.10. The molecule has 0 radical (unpaired) electrons. The maximum Gasteiger partial charge on any atom is 0.331 e. The molecule has 0 unspecified atom stereocenters. The lowest BCUT2D eigenvalue weighted by atomic mass is 10.2. The Kier molecular flexibility index (Phi) is 4.71. The molecule has 2 N–H and O–H groups in total. The molecule has 0 aromatic heterocycles. The summed E-state index contributed by atoms with van der Waals surface area (Å²) >= 11 is 0. The number of hydrogen-bond donors (Lipinski definition) is 2. The van der Waals surface area contributed by atoms with E-state index in [0.29, 0.717) is 0 Å². The Balaban J connectivity index is 4.22. The largest absolute Gasteiger partial charge is 0.481 e. The van der Waals surface area contributed by atoms with Crippen LogP contribution in [0.1, 0.15) is 6.42 Å². The quantitative estimate of drug-likeness (QED) is 0.578. The fraction of sp³-hybridized carbons (Fsp3) is 0.429. The summed E-state index contributed by atoms with van der Waals surface area (Å²) in [4.78, 5) is 20.5. The Morgan fingerprint density at radius 1 is 1.42 bits per heavy atom. The van der Waals surface area contributed by atoms with Crippen molar-refractivity contribution < 1.29 is 24.5 Å². The number of ether oxygens (including phenoxy) is 1. The number of hydrogen-bond acceptors (Lipinski definition) is 3. The van der Waals surface area contributed by atoms with Gasteiger partial charge in [-0.25, -0.2) is 4.79 Å². The van der Waals surface area contributed by atoms with E-state index in [2.05, 4.69) is 4.74 Å². The lowest BCUT2D eigenvalue weighted by Gasteiger charge is -1.97. The summed E-state index contributed by atoms with van der Waals surface area (Å²) < 4.78 is 4.57. The zero-order valence-corrected chi connectivity index (χ0v) is 6.61. The van der Waals surface area contributed by atoms with Gasteiger partial charge in [-0.15, -0.1) is 0 Å². The standard InChI is InChI=1S/C7H10O5/c1-12-3-2-5(7(10)11)4-6(8)9/h2H,3-4H2,1H3,(H,8,9)(H,10,11). The van der Waals surface area contributed by atoms with Crippen molar-refractivity contribution in [3.63, 3.8) is 0 Å². The first-order valence-corrected chi connectivity index (χ1v) is 3.21. The van der Waals surface area contributed by atoms with Crippen molar-refractivity contribution in [3.05, 3.63) is 11.6 Å². The normalized spacial score (nSPS) is 11.2. The van der Waals surface area contributed by atoms with Crippen molar-refractivity contribution in [1.82, 2.24) is 0 Å².